The van der Waals surface area contributed by atoms with Gasteiger partial charge in [-0.2, -0.15) is 0 Å². The second kappa shape index (κ2) is 8.17. The van der Waals surface area contributed by atoms with Crippen LogP contribution in [-0.2, 0) is 13.2 Å². The number of fused-ring (bicyclic) bond motifs is 1. The highest BCUT2D eigenvalue weighted by molar-refractivity contribution is 5.87. The first-order chi connectivity index (χ1) is 12.2. The van der Waals surface area contributed by atoms with Crippen LogP contribution in [-0.4, -0.2) is 6.04 Å². The summed E-state index contributed by atoms with van der Waals surface area (Å²) in [7, 11) is 0. The maximum Gasteiger partial charge on any atom is 0.124 e. The molecule has 1 N–H and O–H groups in total. The van der Waals surface area contributed by atoms with Crippen LogP contribution >= 0.6 is 0 Å². The maximum absolute atomic E-state index is 6.20. The maximum atomic E-state index is 6.20. The van der Waals surface area contributed by atoms with E-state index >= 15 is 0 Å². The Morgan fingerprint density at radius 1 is 0.960 bits per heavy atom. The summed E-state index contributed by atoms with van der Waals surface area (Å²) in [5, 5.41) is 6.13. The smallest absolute Gasteiger partial charge is 0.124 e. The van der Waals surface area contributed by atoms with Crippen LogP contribution < -0.4 is 10.1 Å². The van der Waals surface area contributed by atoms with E-state index in [1.807, 2.05) is 0 Å². The predicted molar refractivity (Wildman–Crippen MR) is 106 cm³/mol. The number of hydrogen-bond donors (Lipinski definition) is 1. The molecule has 0 amide bonds. The second-order valence-electron chi connectivity index (χ2n) is 6.73. The van der Waals surface area contributed by atoms with Crippen LogP contribution in [0.5, 0.6) is 5.75 Å². The lowest BCUT2D eigenvalue weighted by atomic mass is 10.0. The van der Waals surface area contributed by atoms with E-state index in [2.05, 4.69) is 86.8 Å². The van der Waals surface area contributed by atoms with E-state index in [4.69, 9.17) is 4.74 Å². The van der Waals surface area contributed by atoms with Crippen molar-refractivity contribution < 1.29 is 4.74 Å². The van der Waals surface area contributed by atoms with Crippen molar-refractivity contribution in [2.24, 2.45) is 0 Å². The molecule has 25 heavy (non-hydrogen) atoms. The van der Waals surface area contributed by atoms with Gasteiger partial charge in [-0.15, -0.1) is 0 Å². The van der Waals surface area contributed by atoms with Gasteiger partial charge in [-0.05, 0) is 42.7 Å². The highest BCUT2D eigenvalue weighted by atomic mass is 16.5. The monoisotopic (exact) mass is 333 g/mol. The first-order valence-electron chi connectivity index (χ1n) is 9.09. The van der Waals surface area contributed by atoms with Crippen LogP contribution in [0.1, 0.15) is 37.0 Å². The Bertz CT molecular complexity index is 823. The van der Waals surface area contributed by atoms with Crippen molar-refractivity contribution in [3.05, 3.63) is 77.4 Å². The third kappa shape index (κ3) is 4.40. The molecule has 2 heteroatoms. The van der Waals surface area contributed by atoms with Crippen molar-refractivity contribution in [1.29, 1.82) is 0 Å². The topological polar surface area (TPSA) is 21.3 Å². The molecule has 3 aromatic rings. The average molecular weight is 333 g/mol. The normalized spacial score (nSPS) is 12.3. The minimum absolute atomic E-state index is 0.490. The summed E-state index contributed by atoms with van der Waals surface area (Å²) in [6, 6.07) is 21.8. The Balaban J connectivity index is 1.86. The summed E-state index contributed by atoms with van der Waals surface area (Å²) < 4.78 is 6.20. The zero-order chi connectivity index (χ0) is 17.6. The van der Waals surface area contributed by atoms with Crippen LogP contribution in [0.3, 0.4) is 0 Å². The van der Waals surface area contributed by atoms with E-state index in [0.29, 0.717) is 12.6 Å². The third-order valence-electron chi connectivity index (χ3n) is 4.75. The van der Waals surface area contributed by atoms with E-state index in [1.165, 1.54) is 27.5 Å². The van der Waals surface area contributed by atoms with Gasteiger partial charge in [0.1, 0.15) is 12.4 Å². The Morgan fingerprint density at radius 3 is 2.48 bits per heavy atom. The molecule has 0 aromatic heterocycles. The lowest BCUT2D eigenvalue weighted by molar-refractivity contribution is 0.302. The fraction of sp³-hybridized carbons (Fsp3) is 0.304. The van der Waals surface area contributed by atoms with Crippen molar-refractivity contribution in [2.45, 2.75) is 46.4 Å². The number of benzene rings is 3. The average Bonchev–Trinajstić information content (AvgIpc) is 2.65. The van der Waals surface area contributed by atoms with Crippen molar-refractivity contribution in [3.63, 3.8) is 0 Å². The summed E-state index contributed by atoms with van der Waals surface area (Å²) in [5.41, 5.74) is 3.71. The van der Waals surface area contributed by atoms with Gasteiger partial charge in [-0.1, -0.05) is 67.1 Å². The molecule has 0 radical (unpaired) electrons. The molecule has 0 saturated heterocycles. The largest absolute Gasteiger partial charge is 0.489 e. The quantitative estimate of drug-likeness (QED) is 0.606. The summed E-state index contributed by atoms with van der Waals surface area (Å²) in [6.07, 6.45) is 1.12. The Labute approximate surface area is 150 Å². The van der Waals surface area contributed by atoms with Gasteiger partial charge >= 0.3 is 0 Å². The molecule has 0 aliphatic rings. The lowest BCUT2D eigenvalue weighted by Gasteiger charge is -2.17. The molecule has 0 saturated carbocycles. The Morgan fingerprint density at radius 2 is 1.72 bits per heavy atom. The van der Waals surface area contributed by atoms with Gasteiger partial charge in [0.05, 0.1) is 0 Å². The van der Waals surface area contributed by atoms with Gasteiger partial charge in [-0.3, -0.25) is 0 Å². The Kier molecular flexibility index (Phi) is 5.72. The number of ether oxygens (including phenoxy) is 1. The molecule has 0 bridgehead atoms. The highest BCUT2D eigenvalue weighted by Gasteiger charge is 2.10. The van der Waals surface area contributed by atoms with Crippen LogP contribution in [0.4, 0.5) is 0 Å². The molecule has 0 aliphatic heterocycles. The number of nitrogens with one attached hydrogen (secondary N) is 1. The van der Waals surface area contributed by atoms with Gasteiger partial charge in [0.2, 0.25) is 0 Å². The number of aryl methyl sites for hydroxylation is 1. The SMILES string of the molecule is CCC(C)NCc1c(OCc2ccc(C)cc2)ccc2ccccc12. The summed E-state index contributed by atoms with van der Waals surface area (Å²) in [4.78, 5) is 0. The molecule has 0 fully saturated rings. The minimum atomic E-state index is 0.490. The van der Waals surface area contributed by atoms with Gasteiger partial charge in [0.15, 0.2) is 0 Å². The fourth-order valence-corrected chi connectivity index (χ4v) is 2.90. The Hall–Kier alpha value is -2.32. The zero-order valence-corrected chi connectivity index (χ0v) is 15.4. The van der Waals surface area contributed by atoms with Crippen molar-refractivity contribution in [3.8, 4) is 5.75 Å². The van der Waals surface area contributed by atoms with Crippen molar-refractivity contribution >= 4 is 10.8 Å². The third-order valence-corrected chi connectivity index (χ3v) is 4.75. The number of hydrogen-bond acceptors (Lipinski definition) is 2. The van der Waals surface area contributed by atoms with Crippen molar-refractivity contribution in [2.75, 3.05) is 0 Å². The molecular formula is C23H27NO. The van der Waals surface area contributed by atoms with Gasteiger partial charge in [0, 0.05) is 18.2 Å². The molecule has 1 unspecified atom stereocenters. The molecule has 130 valence electrons. The lowest BCUT2D eigenvalue weighted by Crippen LogP contribution is -2.24. The molecule has 1 atom stereocenters. The molecule has 0 aliphatic carbocycles. The molecule has 0 spiro atoms. The van der Waals surface area contributed by atoms with Crippen LogP contribution in [0.2, 0.25) is 0 Å². The van der Waals surface area contributed by atoms with Crippen LogP contribution in [0, 0.1) is 6.92 Å². The van der Waals surface area contributed by atoms with Gasteiger partial charge < -0.3 is 10.1 Å². The summed E-state index contributed by atoms with van der Waals surface area (Å²) in [5.74, 6) is 0.968. The van der Waals surface area contributed by atoms with Crippen LogP contribution in [0.15, 0.2) is 60.7 Å². The van der Waals surface area contributed by atoms with E-state index < -0.39 is 0 Å². The summed E-state index contributed by atoms with van der Waals surface area (Å²) in [6.45, 7) is 7.94. The van der Waals surface area contributed by atoms with Crippen molar-refractivity contribution in [1.82, 2.24) is 5.32 Å². The van der Waals surface area contributed by atoms with E-state index in [9.17, 15) is 0 Å². The number of rotatable bonds is 7. The van der Waals surface area contributed by atoms with E-state index in [0.717, 1.165) is 18.7 Å². The van der Waals surface area contributed by atoms with Gasteiger partial charge in [-0.25, -0.2) is 0 Å². The molecular weight excluding hydrogens is 306 g/mol. The second-order valence-corrected chi connectivity index (χ2v) is 6.73. The predicted octanol–water partition coefficient (Wildman–Crippen LogP) is 5.62. The van der Waals surface area contributed by atoms with Crippen LogP contribution in [0.25, 0.3) is 10.8 Å². The molecule has 2 nitrogen and oxygen atoms in total. The first kappa shape index (κ1) is 17.5. The summed E-state index contributed by atoms with van der Waals surface area (Å²) >= 11 is 0. The highest BCUT2D eigenvalue weighted by Crippen LogP contribution is 2.29. The first-order valence-corrected chi connectivity index (χ1v) is 9.09. The van der Waals surface area contributed by atoms with E-state index in [1.54, 1.807) is 0 Å². The zero-order valence-electron chi connectivity index (χ0n) is 15.4. The fourth-order valence-electron chi connectivity index (χ4n) is 2.90. The van der Waals surface area contributed by atoms with E-state index in [-0.39, 0.29) is 0 Å². The molecule has 0 heterocycles. The van der Waals surface area contributed by atoms with Gasteiger partial charge in [0.25, 0.3) is 0 Å². The molecule has 3 rings (SSSR count). The minimum Gasteiger partial charge on any atom is -0.489 e. The molecule has 3 aromatic carbocycles. The standard InChI is InChI=1S/C23H27NO/c1-4-18(3)24-15-22-21-8-6-5-7-20(21)13-14-23(22)25-16-19-11-9-17(2)10-12-19/h5-14,18,24H,4,15-16H2,1-3H3.